The zero-order chi connectivity index (χ0) is 58.7. The Hall–Kier alpha value is -7.80. The van der Waals surface area contributed by atoms with E-state index in [4.69, 9.17) is 11.5 Å². The molecule has 0 radical (unpaired) electrons. The predicted molar refractivity (Wildman–Crippen MR) is 325 cm³/mol. The van der Waals surface area contributed by atoms with Crippen LogP contribution in [-0.4, -0.2) is 141 Å². The molecule has 0 spiro atoms. The molecule has 19 nitrogen and oxygen atoms in total. The van der Waals surface area contributed by atoms with Crippen molar-refractivity contribution in [2.75, 3.05) is 60.5 Å². The van der Waals surface area contributed by atoms with Gasteiger partial charge in [0.1, 0.15) is 40.1 Å². The van der Waals surface area contributed by atoms with Crippen molar-refractivity contribution in [1.82, 2.24) is 65.8 Å². The second kappa shape index (κ2) is 24.6. The van der Waals surface area contributed by atoms with E-state index in [1.807, 2.05) is 24.3 Å². The number of rotatable bonds is 12. The predicted octanol–water partition coefficient (Wildman–Crippen LogP) is 10.5. The Morgan fingerprint density at radius 1 is 0.554 bits per heavy atom. The highest BCUT2D eigenvalue weighted by atomic mass is 19.3. The van der Waals surface area contributed by atoms with Gasteiger partial charge in [-0.25, -0.2) is 51.9 Å². The first-order valence-electron chi connectivity index (χ1n) is 28.2. The maximum atomic E-state index is 14.6. The van der Waals surface area contributed by atoms with Crippen LogP contribution in [0.15, 0.2) is 91.4 Å². The Labute approximate surface area is 486 Å². The molecule has 9 aromatic rings. The molecule has 0 bridgehead atoms. The molecule has 9 N–H and O–H groups in total. The van der Waals surface area contributed by atoms with E-state index in [9.17, 15) is 27.1 Å². The molecule has 3 aliphatic heterocycles. The minimum Gasteiger partial charge on any atom is -0.382 e. The average Bonchev–Trinajstić information content (AvgIpc) is 2.61. The van der Waals surface area contributed by atoms with Gasteiger partial charge < -0.3 is 36.6 Å². The van der Waals surface area contributed by atoms with E-state index in [0.717, 1.165) is 81.2 Å². The highest BCUT2D eigenvalue weighted by molar-refractivity contribution is 5.91. The van der Waals surface area contributed by atoms with Gasteiger partial charge in [0.25, 0.3) is 5.92 Å². The van der Waals surface area contributed by atoms with Gasteiger partial charge in [0.05, 0.1) is 23.1 Å². The lowest BCUT2D eigenvalue weighted by Gasteiger charge is -2.43. The summed E-state index contributed by atoms with van der Waals surface area (Å²) >= 11 is 0. The number of nitrogens with two attached hydrogens (primary N) is 2. The summed E-state index contributed by atoms with van der Waals surface area (Å²) in [6.45, 7) is 14.9. The molecule has 0 amide bonds. The number of nitrogens with zero attached hydrogens (tertiary/aromatic N) is 12. The van der Waals surface area contributed by atoms with Gasteiger partial charge in [-0.3, -0.25) is 15.3 Å². The third-order valence-corrected chi connectivity index (χ3v) is 16.5. The van der Waals surface area contributed by atoms with E-state index in [2.05, 4.69) is 103 Å². The number of pyridine rings is 6. The van der Waals surface area contributed by atoms with E-state index in [1.165, 1.54) is 24.3 Å². The number of nitrogens with one attached hydrogen (secondary N) is 4. The Morgan fingerprint density at radius 3 is 1.27 bits per heavy atom. The van der Waals surface area contributed by atoms with Crippen LogP contribution in [0.25, 0.3) is 67.3 Å². The van der Waals surface area contributed by atoms with Gasteiger partial charge in [-0.05, 0) is 129 Å². The van der Waals surface area contributed by atoms with E-state index < -0.39 is 23.4 Å². The summed E-state index contributed by atoms with van der Waals surface area (Å²) in [4.78, 5) is 32.4. The van der Waals surface area contributed by atoms with Crippen molar-refractivity contribution in [3.05, 3.63) is 109 Å². The maximum Gasteiger partial charge on any atom is 0.274 e. The normalized spacial score (nSPS) is 19.4. The first kappa shape index (κ1) is 58.4. The van der Waals surface area contributed by atoms with Crippen molar-refractivity contribution in [3.8, 4) is 34.2 Å². The minimum atomic E-state index is -3.29. The fraction of sp³-hybridized carbons (Fsp3) is 0.441. The highest BCUT2D eigenvalue weighted by Crippen LogP contribution is 2.36. The lowest BCUT2D eigenvalue weighted by atomic mass is 9.85. The number of aromatic nitrogens is 12. The van der Waals surface area contributed by atoms with Gasteiger partial charge in [-0.1, -0.05) is 27.7 Å². The van der Waals surface area contributed by atoms with Crippen molar-refractivity contribution < 1.29 is 35.6 Å². The van der Waals surface area contributed by atoms with Crippen LogP contribution in [0.4, 0.5) is 39.4 Å². The van der Waals surface area contributed by atoms with Crippen LogP contribution in [0.5, 0.6) is 0 Å². The fourth-order valence-electron chi connectivity index (χ4n) is 11.2. The standard InChI is InChI=1S/2C20H25FN6.C19H21F3N6O.6H2/c2*1-12(2)17(22)13-5-4-10-27(11-13)16-8-7-15(21)19(24-16)18-14-6-3-9-23-20(14)26-25-18;1-18(29,19(2,21)22)13-10-28(9-8-23-13)14-6-5-12(20)16(25-14)15-11-4-3-7-24-17(11)27-26-15;;;;;;/h2*3,6-9,12-13,17H,4-5,10-11,22H2,1-2H3,(H,23,25,26);3-7,13,23,29H,8-10H2,1-2H3,(H,24,26,27);6*1H/t13-,17?;;;;;;;;/m1......../s1. The SMILES string of the molecule is CC(C)C(N)C1CCCN(c2ccc(F)c(-c3[nH]nc4ncccc34)n2)C1.CC(C)C(N)[C@@H]1CCCN(c2ccc(F)c(-c3[nH]nc4ncccc34)n2)C1.CC(F)(F)C(C)(O)C1CN(c2ccc(F)c(-c3[nH]nc4ncccc34)n2)CCN1.[HH].[HH].[HH].[HH].[HH].[HH]. The first-order chi connectivity index (χ1) is 39.8. The lowest BCUT2D eigenvalue weighted by molar-refractivity contribution is -0.174. The van der Waals surface area contributed by atoms with Gasteiger partial charge >= 0.3 is 0 Å². The molecule has 3 saturated heterocycles. The smallest absolute Gasteiger partial charge is 0.274 e. The Morgan fingerprint density at radius 2 is 0.916 bits per heavy atom. The van der Waals surface area contributed by atoms with Crippen LogP contribution in [0, 0.1) is 41.1 Å². The fourth-order valence-corrected chi connectivity index (χ4v) is 11.2. The topological polar surface area (TPSA) is 257 Å². The number of piperidine rings is 2. The van der Waals surface area contributed by atoms with Crippen molar-refractivity contribution in [2.45, 2.75) is 96.9 Å². The number of piperazine rings is 1. The number of aromatic amines is 3. The number of fused-ring (bicyclic) bond motifs is 3. The van der Waals surface area contributed by atoms with E-state index >= 15 is 0 Å². The largest absolute Gasteiger partial charge is 0.382 e. The van der Waals surface area contributed by atoms with Crippen LogP contribution >= 0.6 is 0 Å². The molecule has 6 atom stereocenters. The number of aliphatic hydroxyl groups is 1. The second-order valence-corrected chi connectivity index (χ2v) is 22.7. The van der Waals surface area contributed by atoms with Gasteiger partial charge in [0.15, 0.2) is 34.4 Å². The Kier molecular flexibility index (Phi) is 17.3. The molecule has 0 aromatic carbocycles. The molecule has 12 heterocycles. The minimum absolute atomic E-state index is 0. The van der Waals surface area contributed by atoms with Crippen molar-refractivity contribution in [3.63, 3.8) is 0 Å². The summed E-state index contributed by atoms with van der Waals surface area (Å²) in [6.07, 6.45) is 9.30. The maximum absolute atomic E-state index is 14.6. The summed E-state index contributed by atoms with van der Waals surface area (Å²) in [5.74, 6) is -0.879. The molecule has 24 heteroatoms. The van der Waals surface area contributed by atoms with Crippen LogP contribution in [-0.2, 0) is 0 Å². The third-order valence-electron chi connectivity index (χ3n) is 16.5. The summed E-state index contributed by atoms with van der Waals surface area (Å²) < 4.78 is 71.4. The Balaban J connectivity index is 0.000000276. The monoisotopic (exact) mass is 1150 g/mol. The highest BCUT2D eigenvalue weighted by Gasteiger charge is 2.51. The van der Waals surface area contributed by atoms with Gasteiger partial charge in [0.2, 0.25) is 0 Å². The van der Waals surface area contributed by atoms with Crippen molar-refractivity contribution in [1.29, 1.82) is 0 Å². The zero-order valence-electron chi connectivity index (χ0n) is 47.3. The number of hydrogen-bond donors (Lipinski definition) is 7. The van der Waals surface area contributed by atoms with E-state index in [-0.39, 0.29) is 55.9 Å². The summed E-state index contributed by atoms with van der Waals surface area (Å²) in [5, 5.41) is 36.4. The van der Waals surface area contributed by atoms with Crippen LogP contribution < -0.4 is 31.5 Å². The second-order valence-electron chi connectivity index (χ2n) is 22.7. The van der Waals surface area contributed by atoms with Crippen LogP contribution in [0.2, 0.25) is 0 Å². The average molecular weight is 1160 g/mol. The summed E-state index contributed by atoms with van der Waals surface area (Å²) in [6, 6.07) is 19.5. The molecule has 83 heavy (non-hydrogen) atoms. The van der Waals surface area contributed by atoms with Gasteiger partial charge in [0, 0.05) is 108 Å². The molecule has 0 aliphatic carbocycles. The first-order valence-corrected chi connectivity index (χ1v) is 28.2. The zero-order valence-corrected chi connectivity index (χ0v) is 47.3. The quantitative estimate of drug-likeness (QED) is 0.0561. The molecule has 450 valence electrons. The van der Waals surface area contributed by atoms with E-state index in [0.29, 0.717) is 88.9 Å². The molecular weight excluding hydrogens is 1070 g/mol. The lowest BCUT2D eigenvalue weighted by Crippen LogP contribution is -2.65. The van der Waals surface area contributed by atoms with Gasteiger partial charge in [-0.2, -0.15) is 15.3 Å². The molecule has 12 rings (SSSR count). The number of anilines is 3. The van der Waals surface area contributed by atoms with E-state index in [1.54, 1.807) is 47.8 Å². The third kappa shape index (κ3) is 12.5. The Bertz CT molecular complexity index is 3540. The number of halogens is 5. The molecule has 9 aromatic heterocycles. The van der Waals surface area contributed by atoms with Gasteiger partial charge in [-0.15, -0.1) is 0 Å². The number of H-pyrrole nitrogens is 3. The van der Waals surface area contributed by atoms with Crippen molar-refractivity contribution >= 4 is 50.6 Å². The van der Waals surface area contributed by atoms with Crippen molar-refractivity contribution in [2.24, 2.45) is 35.1 Å². The van der Waals surface area contributed by atoms with Crippen LogP contribution in [0.3, 0.4) is 0 Å². The molecular formula is C59H83F5N18O. The summed E-state index contributed by atoms with van der Waals surface area (Å²) in [5.41, 5.74) is 14.2. The molecule has 0 saturated carbocycles. The molecule has 3 fully saturated rings. The summed E-state index contributed by atoms with van der Waals surface area (Å²) in [7, 11) is 0. The number of hydrogen-bond acceptors (Lipinski definition) is 16. The number of alkyl halides is 2. The molecule has 5 unspecified atom stereocenters. The molecule has 3 aliphatic rings. The van der Waals surface area contributed by atoms with Crippen LogP contribution in [0.1, 0.15) is 75.8 Å².